The molecule has 1 aromatic carbocycles. The third-order valence-corrected chi connectivity index (χ3v) is 2.96. The summed E-state index contributed by atoms with van der Waals surface area (Å²) in [6.07, 6.45) is 0. The number of rotatable bonds is 0. The van der Waals surface area contributed by atoms with Crippen LogP contribution in [0.5, 0.6) is 0 Å². The van der Waals surface area contributed by atoms with Crippen LogP contribution in [-0.2, 0) is 0 Å². The zero-order chi connectivity index (χ0) is 8.84. The van der Waals surface area contributed by atoms with Crippen molar-refractivity contribution in [1.82, 2.24) is 0 Å². The Morgan fingerprint density at radius 3 is 2.23 bits per heavy atom. The van der Waals surface area contributed by atoms with Crippen molar-refractivity contribution < 1.29 is 0 Å². The fraction of sp³-hybridized carbons (Fsp3) is 0.400. The number of hydrogen-bond acceptors (Lipinski definition) is 3. The summed E-state index contributed by atoms with van der Waals surface area (Å²) in [5, 5.41) is 0. The molecule has 1 saturated heterocycles. The van der Waals surface area contributed by atoms with Gasteiger partial charge in [-0.15, -0.1) is 0 Å². The molecule has 3 heterocycles. The maximum Gasteiger partial charge on any atom is 0.0626 e. The van der Waals surface area contributed by atoms with Gasteiger partial charge in [-0.05, 0) is 18.2 Å². The van der Waals surface area contributed by atoms with Crippen LogP contribution in [0, 0.1) is 0 Å². The second-order valence-corrected chi connectivity index (χ2v) is 3.72. The van der Waals surface area contributed by atoms with E-state index in [1.54, 1.807) is 0 Å². The molecular formula is C10H13N3. The number of hydrogen-bond donors (Lipinski definition) is 1. The molecule has 3 heteroatoms. The molecule has 0 unspecified atom stereocenters. The molecule has 0 aliphatic carbocycles. The zero-order valence-corrected chi connectivity index (χ0v) is 7.53. The van der Waals surface area contributed by atoms with Gasteiger partial charge >= 0.3 is 0 Å². The molecule has 1 aromatic rings. The van der Waals surface area contributed by atoms with Crippen LogP contribution in [0.3, 0.4) is 0 Å². The molecule has 0 saturated carbocycles. The maximum absolute atomic E-state index is 5.77. The van der Waals surface area contributed by atoms with Crippen LogP contribution in [0.15, 0.2) is 18.2 Å². The molecule has 0 amide bonds. The Kier molecular flexibility index (Phi) is 1.26. The normalized spacial score (nSPS) is 19.1. The second-order valence-electron chi connectivity index (χ2n) is 3.72. The summed E-state index contributed by atoms with van der Waals surface area (Å²) >= 11 is 0. The van der Waals surface area contributed by atoms with Gasteiger partial charge in [0.15, 0.2) is 0 Å². The average Bonchev–Trinajstić information content (AvgIpc) is 2.19. The molecule has 4 rings (SSSR count). The summed E-state index contributed by atoms with van der Waals surface area (Å²) in [6.45, 7) is 4.63. The number of nitrogens with two attached hydrogens (primary N) is 1. The van der Waals surface area contributed by atoms with Crippen LogP contribution < -0.4 is 15.5 Å². The summed E-state index contributed by atoms with van der Waals surface area (Å²) in [4.78, 5) is 4.86. The number of benzene rings is 1. The van der Waals surface area contributed by atoms with Crippen molar-refractivity contribution in [3.8, 4) is 0 Å². The molecule has 1 fully saturated rings. The predicted molar refractivity (Wildman–Crippen MR) is 55.3 cm³/mol. The van der Waals surface area contributed by atoms with Crippen molar-refractivity contribution in [2.75, 3.05) is 41.7 Å². The minimum absolute atomic E-state index is 0.868. The molecule has 68 valence electrons. The van der Waals surface area contributed by atoms with E-state index in [0.29, 0.717) is 0 Å². The van der Waals surface area contributed by atoms with E-state index < -0.39 is 0 Å². The van der Waals surface area contributed by atoms with Crippen molar-refractivity contribution in [1.29, 1.82) is 0 Å². The standard InChI is InChI=1S/C10H13N3/c11-8-1-2-9-10(7-8)13-5-3-12(9)4-6-13/h1-2,7H,3-6,11H2. The number of fused-ring (bicyclic) bond motifs is 2. The Balaban J connectivity index is 2.18. The first-order chi connectivity index (χ1) is 6.34. The number of anilines is 3. The van der Waals surface area contributed by atoms with E-state index in [9.17, 15) is 0 Å². The van der Waals surface area contributed by atoms with Crippen molar-refractivity contribution in [3.63, 3.8) is 0 Å². The van der Waals surface area contributed by atoms with Gasteiger partial charge in [0.25, 0.3) is 0 Å². The van der Waals surface area contributed by atoms with Crippen molar-refractivity contribution in [3.05, 3.63) is 18.2 Å². The third-order valence-electron chi connectivity index (χ3n) is 2.96. The molecule has 0 radical (unpaired) electrons. The quantitative estimate of drug-likeness (QED) is 0.595. The summed E-state index contributed by atoms with van der Waals surface area (Å²) in [5.74, 6) is 0. The minimum Gasteiger partial charge on any atom is -0.399 e. The smallest absolute Gasteiger partial charge is 0.0626 e. The van der Waals surface area contributed by atoms with E-state index in [4.69, 9.17) is 5.73 Å². The molecule has 3 aliphatic rings. The SMILES string of the molecule is Nc1ccc2c(c1)N1CCN2CC1. The van der Waals surface area contributed by atoms with Crippen LogP contribution in [0.25, 0.3) is 0 Å². The number of piperazine rings is 1. The van der Waals surface area contributed by atoms with E-state index in [2.05, 4.69) is 21.9 Å². The number of nitrogens with zero attached hydrogens (tertiary/aromatic N) is 2. The Bertz CT molecular complexity index is 340. The first-order valence-electron chi connectivity index (χ1n) is 4.74. The summed E-state index contributed by atoms with van der Waals surface area (Å²) in [5.41, 5.74) is 9.31. The Hall–Kier alpha value is -1.38. The first-order valence-corrected chi connectivity index (χ1v) is 4.74. The zero-order valence-electron chi connectivity index (χ0n) is 7.53. The fourth-order valence-electron chi connectivity index (χ4n) is 2.25. The molecular weight excluding hydrogens is 162 g/mol. The third kappa shape index (κ3) is 0.899. The van der Waals surface area contributed by atoms with Crippen LogP contribution in [0.1, 0.15) is 0 Å². The highest BCUT2D eigenvalue weighted by Crippen LogP contribution is 2.37. The lowest BCUT2D eigenvalue weighted by Crippen LogP contribution is -2.51. The van der Waals surface area contributed by atoms with Crippen LogP contribution in [0.2, 0.25) is 0 Å². The van der Waals surface area contributed by atoms with Crippen molar-refractivity contribution >= 4 is 17.1 Å². The van der Waals surface area contributed by atoms with Crippen LogP contribution in [-0.4, -0.2) is 26.2 Å². The van der Waals surface area contributed by atoms with Crippen molar-refractivity contribution in [2.24, 2.45) is 0 Å². The van der Waals surface area contributed by atoms with Crippen LogP contribution >= 0.6 is 0 Å². The molecule has 3 aliphatic heterocycles. The molecule has 2 N–H and O–H groups in total. The average molecular weight is 175 g/mol. The van der Waals surface area contributed by atoms with Crippen molar-refractivity contribution in [2.45, 2.75) is 0 Å². The summed E-state index contributed by atoms with van der Waals surface area (Å²) in [7, 11) is 0. The van der Waals surface area contributed by atoms with Gasteiger partial charge in [0.1, 0.15) is 0 Å². The molecule has 0 atom stereocenters. The minimum atomic E-state index is 0.868. The van der Waals surface area contributed by atoms with Gasteiger partial charge in [0, 0.05) is 31.9 Å². The van der Waals surface area contributed by atoms with E-state index in [1.807, 2.05) is 6.07 Å². The summed E-state index contributed by atoms with van der Waals surface area (Å²) in [6, 6.07) is 6.21. The fourth-order valence-corrected chi connectivity index (χ4v) is 2.25. The molecule has 13 heavy (non-hydrogen) atoms. The predicted octanol–water partition coefficient (Wildman–Crippen LogP) is 0.909. The van der Waals surface area contributed by atoms with E-state index >= 15 is 0 Å². The van der Waals surface area contributed by atoms with Gasteiger partial charge in [0.05, 0.1) is 11.4 Å². The largest absolute Gasteiger partial charge is 0.399 e. The van der Waals surface area contributed by atoms with Gasteiger partial charge in [-0.25, -0.2) is 0 Å². The Morgan fingerprint density at radius 2 is 1.54 bits per heavy atom. The van der Waals surface area contributed by atoms with E-state index in [1.165, 1.54) is 11.4 Å². The number of nitrogen functional groups attached to an aromatic ring is 1. The molecule has 0 aromatic heterocycles. The van der Waals surface area contributed by atoms with Crippen LogP contribution in [0.4, 0.5) is 17.1 Å². The van der Waals surface area contributed by atoms with E-state index in [-0.39, 0.29) is 0 Å². The summed E-state index contributed by atoms with van der Waals surface area (Å²) < 4.78 is 0. The lowest BCUT2D eigenvalue weighted by molar-refractivity contribution is 0.624. The van der Waals surface area contributed by atoms with Gasteiger partial charge in [-0.1, -0.05) is 0 Å². The topological polar surface area (TPSA) is 32.5 Å². The van der Waals surface area contributed by atoms with Gasteiger partial charge in [-0.3, -0.25) is 0 Å². The van der Waals surface area contributed by atoms with Gasteiger partial charge in [-0.2, -0.15) is 0 Å². The van der Waals surface area contributed by atoms with E-state index in [0.717, 1.165) is 31.9 Å². The monoisotopic (exact) mass is 175 g/mol. The lowest BCUT2D eigenvalue weighted by Gasteiger charge is -2.45. The Morgan fingerprint density at radius 1 is 0.923 bits per heavy atom. The molecule has 0 spiro atoms. The van der Waals surface area contributed by atoms with Gasteiger partial charge < -0.3 is 15.5 Å². The van der Waals surface area contributed by atoms with Gasteiger partial charge in [0.2, 0.25) is 0 Å². The second kappa shape index (κ2) is 2.31. The lowest BCUT2D eigenvalue weighted by atomic mass is 10.1. The maximum atomic E-state index is 5.77. The highest BCUT2D eigenvalue weighted by atomic mass is 15.3. The first kappa shape index (κ1) is 7.06. The highest BCUT2D eigenvalue weighted by molar-refractivity contribution is 5.78. The highest BCUT2D eigenvalue weighted by Gasteiger charge is 2.27. The Labute approximate surface area is 77.7 Å². The molecule has 2 bridgehead atoms. The molecule has 3 nitrogen and oxygen atoms in total.